The van der Waals surface area contributed by atoms with Gasteiger partial charge >= 0.3 is 0 Å². The third-order valence-corrected chi connectivity index (χ3v) is 4.27. The van der Waals surface area contributed by atoms with E-state index in [1.807, 2.05) is 51.1 Å². The number of nitrogens with one attached hydrogen (secondary N) is 1. The lowest BCUT2D eigenvalue weighted by Crippen LogP contribution is -2.12. The first-order chi connectivity index (χ1) is 12.9. The molecule has 2 heterocycles. The summed E-state index contributed by atoms with van der Waals surface area (Å²) >= 11 is 0. The Balaban J connectivity index is 1.64. The average Bonchev–Trinajstić information content (AvgIpc) is 3.28. The van der Waals surface area contributed by atoms with Crippen LogP contribution >= 0.6 is 0 Å². The van der Waals surface area contributed by atoms with Gasteiger partial charge in [-0.1, -0.05) is 61.4 Å². The molecule has 0 radical (unpaired) electrons. The second kappa shape index (κ2) is 6.39. The van der Waals surface area contributed by atoms with Crippen LogP contribution in [0.3, 0.4) is 0 Å². The van der Waals surface area contributed by atoms with Gasteiger partial charge in [-0.3, -0.25) is 4.79 Å². The molecule has 6 nitrogen and oxygen atoms in total. The molecule has 1 N–H and O–H groups in total. The summed E-state index contributed by atoms with van der Waals surface area (Å²) in [7, 11) is 0. The van der Waals surface area contributed by atoms with Crippen LogP contribution < -0.4 is 5.32 Å². The average molecular weight is 361 g/mol. The van der Waals surface area contributed by atoms with Crippen molar-refractivity contribution < 1.29 is 13.8 Å². The molecular weight excluding hydrogens is 342 g/mol. The van der Waals surface area contributed by atoms with Crippen LogP contribution in [-0.4, -0.2) is 16.2 Å². The molecule has 27 heavy (non-hydrogen) atoms. The minimum atomic E-state index is -0.272. The number of nitrogens with zero attached hydrogens (tertiary/aromatic N) is 2. The van der Waals surface area contributed by atoms with Gasteiger partial charge in [-0.25, -0.2) is 0 Å². The third-order valence-electron chi connectivity index (χ3n) is 4.27. The number of amides is 1. The first-order valence-electron chi connectivity index (χ1n) is 8.65. The van der Waals surface area contributed by atoms with Gasteiger partial charge in [0.1, 0.15) is 11.3 Å². The topological polar surface area (TPSA) is 81.2 Å². The molecule has 6 heteroatoms. The number of hydrogen-bond acceptors (Lipinski definition) is 5. The Hall–Kier alpha value is -3.41. The predicted molar refractivity (Wildman–Crippen MR) is 103 cm³/mol. The van der Waals surface area contributed by atoms with E-state index >= 15 is 0 Å². The lowest BCUT2D eigenvalue weighted by molar-refractivity contribution is 0.102. The number of anilines is 1. The van der Waals surface area contributed by atoms with E-state index in [-0.39, 0.29) is 11.3 Å². The Morgan fingerprint density at radius 2 is 1.74 bits per heavy atom. The highest BCUT2D eigenvalue weighted by atomic mass is 16.5. The van der Waals surface area contributed by atoms with Gasteiger partial charge in [0, 0.05) is 22.6 Å². The van der Waals surface area contributed by atoms with Crippen molar-refractivity contribution in [3.05, 3.63) is 65.9 Å². The summed E-state index contributed by atoms with van der Waals surface area (Å²) in [6, 6.07) is 16.7. The van der Waals surface area contributed by atoms with Crippen LogP contribution in [0.4, 0.5) is 5.82 Å². The van der Waals surface area contributed by atoms with E-state index in [2.05, 4.69) is 15.6 Å². The number of carbonyl (C=O) groups excluding carboxylic acids is 1. The van der Waals surface area contributed by atoms with Crippen molar-refractivity contribution >= 4 is 22.6 Å². The number of carbonyl (C=O) groups is 1. The molecule has 4 aromatic rings. The molecule has 0 aliphatic rings. The predicted octanol–water partition coefficient (Wildman–Crippen LogP) is 5.03. The van der Waals surface area contributed by atoms with Gasteiger partial charge in [0.05, 0.1) is 5.39 Å². The summed E-state index contributed by atoms with van der Waals surface area (Å²) in [5.41, 5.74) is 1.91. The van der Waals surface area contributed by atoms with Crippen molar-refractivity contribution in [3.8, 4) is 11.3 Å². The molecule has 0 saturated carbocycles. The van der Waals surface area contributed by atoms with Gasteiger partial charge in [-0.2, -0.15) is 0 Å². The van der Waals surface area contributed by atoms with Gasteiger partial charge in [0.25, 0.3) is 5.91 Å². The smallest absolute Gasteiger partial charge is 0.256 e. The molecule has 2 aromatic carbocycles. The summed E-state index contributed by atoms with van der Waals surface area (Å²) in [6.07, 6.45) is 0. The van der Waals surface area contributed by atoms with Crippen molar-refractivity contribution in [3.63, 3.8) is 0 Å². The molecule has 0 aliphatic heterocycles. The van der Waals surface area contributed by atoms with Crippen LogP contribution in [-0.2, 0) is 5.41 Å². The quantitative estimate of drug-likeness (QED) is 0.553. The lowest BCUT2D eigenvalue weighted by atomic mass is 9.93. The zero-order valence-electron chi connectivity index (χ0n) is 15.3. The van der Waals surface area contributed by atoms with Gasteiger partial charge in [-0.15, -0.1) is 0 Å². The van der Waals surface area contributed by atoms with Crippen LogP contribution in [0.2, 0.25) is 0 Å². The molecule has 136 valence electrons. The molecular formula is C21H19N3O3. The maximum Gasteiger partial charge on any atom is 0.256 e. The van der Waals surface area contributed by atoms with E-state index in [0.717, 1.165) is 10.9 Å². The van der Waals surface area contributed by atoms with Gasteiger partial charge < -0.3 is 14.4 Å². The summed E-state index contributed by atoms with van der Waals surface area (Å²) in [6.45, 7) is 6.05. The molecule has 0 saturated heterocycles. The summed E-state index contributed by atoms with van der Waals surface area (Å²) < 4.78 is 10.8. The number of benzene rings is 2. The number of aromatic nitrogens is 2. The molecule has 2 aromatic heterocycles. The van der Waals surface area contributed by atoms with Crippen molar-refractivity contribution in [2.45, 2.75) is 26.2 Å². The van der Waals surface area contributed by atoms with E-state index in [1.165, 1.54) is 0 Å². The van der Waals surface area contributed by atoms with Crippen LogP contribution in [0.5, 0.6) is 0 Å². The van der Waals surface area contributed by atoms with E-state index in [1.54, 1.807) is 24.3 Å². The van der Waals surface area contributed by atoms with Crippen molar-refractivity contribution in [1.29, 1.82) is 0 Å². The van der Waals surface area contributed by atoms with Crippen molar-refractivity contribution in [2.75, 3.05) is 5.32 Å². The molecule has 0 bridgehead atoms. The van der Waals surface area contributed by atoms with Crippen LogP contribution in [0.15, 0.2) is 63.6 Å². The minimum Gasteiger partial charge on any atom is -0.359 e. The van der Waals surface area contributed by atoms with Crippen molar-refractivity contribution in [1.82, 2.24) is 10.3 Å². The maximum absolute atomic E-state index is 12.6. The van der Waals surface area contributed by atoms with E-state index in [0.29, 0.717) is 28.4 Å². The molecule has 1 amide bonds. The highest BCUT2D eigenvalue weighted by Gasteiger charge is 2.21. The standard InChI is InChI=1S/C21H19N3O3/c1-21(2,3)17-12-18(24-26-17)22-20(25)14-9-10-16-15(11-14)19(27-23-16)13-7-5-4-6-8-13/h4-12H,1-3H3,(H,22,24,25). The van der Waals surface area contributed by atoms with E-state index < -0.39 is 0 Å². The van der Waals surface area contributed by atoms with Gasteiger partial charge in [0.15, 0.2) is 11.6 Å². The number of fused-ring (bicyclic) bond motifs is 1. The summed E-state index contributed by atoms with van der Waals surface area (Å²) in [5, 5.41) is 11.6. The summed E-state index contributed by atoms with van der Waals surface area (Å²) in [4.78, 5) is 12.6. The fourth-order valence-corrected chi connectivity index (χ4v) is 2.76. The van der Waals surface area contributed by atoms with Crippen LogP contribution in [0, 0.1) is 0 Å². The molecule has 0 spiro atoms. The van der Waals surface area contributed by atoms with Crippen molar-refractivity contribution in [2.24, 2.45) is 0 Å². The highest BCUT2D eigenvalue weighted by molar-refractivity contribution is 6.07. The largest absolute Gasteiger partial charge is 0.359 e. The second-order valence-corrected chi connectivity index (χ2v) is 7.39. The Bertz CT molecular complexity index is 1100. The zero-order chi connectivity index (χ0) is 19.0. The molecule has 0 atom stereocenters. The third kappa shape index (κ3) is 3.33. The molecule has 0 unspecified atom stereocenters. The number of hydrogen-bond donors (Lipinski definition) is 1. The Morgan fingerprint density at radius 1 is 0.963 bits per heavy atom. The normalized spacial score (nSPS) is 11.7. The first-order valence-corrected chi connectivity index (χ1v) is 8.65. The number of rotatable bonds is 3. The van der Waals surface area contributed by atoms with E-state index in [4.69, 9.17) is 9.05 Å². The maximum atomic E-state index is 12.6. The monoisotopic (exact) mass is 361 g/mol. The van der Waals surface area contributed by atoms with Crippen LogP contribution in [0.25, 0.3) is 22.2 Å². The Morgan fingerprint density at radius 3 is 2.44 bits per heavy atom. The fourth-order valence-electron chi connectivity index (χ4n) is 2.76. The summed E-state index contributed by atoms with van der Waals surface area (Å²) in [5.74, 6) is 1.46. The molecule has 4 rings (SSSR count). The van der Waals surface area contributed by atoms with E-state index in [9.17, 15) is 4.79 Å². The lowest BCUT2D eigenvalue weighted by Gasteiger charge is -2.12. The SMILES string of the molecule is CC(C)(C)c1cc(NC(=O)c2ccc3noc(-c4ccccc4)c3c2)no1. The Kier molecular flexibility index (Phi) is 4.03. The minimum absolute atomic E-state index is 0.179. The first kappa shape index (κ1) is 17.0. The Labute approximate surface area is 156 Å². The van der Waals surface area contributed by atoms with Gasteiger partial charge in [-0.05, 0) is 18.2 Å². The fraction of sp³-hybridized carbons (Fsp3) is 0.190. The molecule has 0 aliphatic carbocycles. The second-order valence-electron chi connectivity index (χ2n) is 7.39. The van der Waals surface area contributed by atoms with Gasteiger partial charge in [0.2, 0.25) is 0 Å². The highest BCUT2D eigenvalue weighted by Crippen LogP contribution is 2.29. The zero-order valence-corrected chi connectivity index (χ0v) is 15.3. The molecule has 0 fully saturated rings. The van der Waals surface area contributed by atoms with Crippen LogP contribution in [0.1, 0.15) is 36.9 Å².